The van der Waals surface area contributed by atoms with E-state index < -0.39 is 0 Å². The van der Waals surface area contributed by atoms with Gasteiger partial charge in [-0.3, -0.25) is 0 Å². The van der Waals surface area contributed by atoms with Crippen molar-refractivity contribution in [3.8, 4) is 11.3 Å². The summed E-state index contributed by atoms with van der Waals surface area (Å²) in [4.78, 5) is 8.02. The molecule has 2 rings (SSSR count). The summed E-state index contributed by atoms with van der Waals surface area (Å²) in [6.07, 6.45) is 8.82. The Balaban J connectivity index is 2.02. The quantitative estimate of drug-likeness (QED) is 0.593. The first-order chi connectivity index (χ1) is 8.42. The lowest BCUT2D eigenvalue weighted by Crippen LogP contribution is -1.86. The normalized spacial score (nSPS) is 10.6. The van der Waals surface area contributed by atoms with E-state index in [0.29, 0.717) is 0 Å². The van der Waals surface area contributed by atoms with Crippen LogP contribution in [-0.4, -0.2) is 24.5 Å². The molecule has 0 aliphatic rings. The third-order valence-electron chi connectivity index (χ3n) is 2.28. The van der Waals surface area contributed by atoms with Crippen LogP contribution in [0.4, 0.5) is 0 Å². The van der Waals surface area contributed by atoms with Gasteiger partial charge in [-0.2, -0.15) is 8.75 Å². The molecule has 0 atom stereocenters. The van der Waals surface area contributed by atoms with Crippen LogP contribution in [-0.2, 0) is 0 Å². The molecule has 0 saturated carbocycles. The Bertz CT molecular complexity index is 444. The van der Waals surface area contributed by atoms with Gasteiger partial charge in [0.1, 0.15) is 17.0 Å². The van der Waals surface area contributed by atoms with E-state index in [1.165, 1.54) is 37.3 Å². The summed E-state index contributed by atoms with van der Waals surface area (Å²) in [5, 5.41) is 1.00. The molecule has 0 spiro atoms. The Morgan fingerprint density at radius 3 is 2.76 bits per heavy atom. The fraction of sp³-hybridized carbons (Fsp3) is 0.455. The van der Waals surface area contributed by atoms with Crippen molar-refractivity contribution in [1.29, 1.82) is 0 Å². The van der Waals surface area contributed by atoms with Crippen LogP contribution in [0.1, 0.15) is 26.2 Å². The molecule has 90 valence electrons. The van der Waals surface area contributed by atoms with E-state index in [0.717, 1.165) is 22.0 Å². The molecule has 0 saturated heterocycles. The Labute approximate surface area is 109 Å². The number of unbranched alkanes of at least 4 members (excludes halogenated alkanes) is 2. The van der Waals surface area contributed by atoms with Crippen molar-refractivity contribution in [2.24, 2.45) is 0 Å². The third kappa shape index (κ3) is 3.47. The fourth-order valence-corrected chi connectivity index (χ4v) is 3.08. The lowest BCUT2D eigenvalue weighted by molar-refractivity contribution is 0.778. The monoisotopic (exact) mass is 266 g/mol. The third-order valence-corrected chi connectivity index (χ3v) is 3.97. The standard InChI is InChI=1S/C11H14N4S2/c1-2-3-4-5-16-11-10(14-17-15-11)9-6-12-8-13-7-9/h6-8H,2-5H2,1H3. The predicted molar refractivity (Wildman–Crippen MR) is 71.2 cm³/mol. The van der Waals surface area contributed by atoms with E-state index in [2.05, 4.69) is 25.6 Å². The Morgan fingerprint density at radius 1 is 1.18 bits per heavy atom. The average Bonchev–Trinajstić information content (AvgIpc) is 2.84. The van der Waals surface area contributed by atoms with Crippen LogP contribution in [0.5, 0.6) is 0 Å². The lowest BCUT2D eigenvalue weighted by Gasteiger charge is -2.00. The van der Waals surface area contributed by atoms with Crippen LogP contribution in [0.25, 0.3) is 11.3 Å². The zero-order valence-electron chi connectivity index (χ0n) is 9.67. The topological polar surface area (TPSA) is 51.6 Å². The first-order valence-electron chi connectivity index (χ1n) is 5.62. The maximum absolute atomic E-state index is 4.33. The second kappa shape index (κ2) is 6.66. The molecule has 6 heteroatoms. The molecule has 0 unspecified atom stereocenters. The number of thioether (sulfide) groups is 1. The Morgan fingerprint density at radius 2 is 2.00 bits per heavy atom. The van der Waals surface area contributed by atoms with E-state index in [1.807, 2.05) is 0 Å². The Hall–Kier alpha value is -1.01. The zero-order valence-corrected chi connectivity index (χ0v) is 11.3. The van der Waals surface area contributed by atoms with Crippen molar-refractivity contribution >= 4 is 23.5 Å². The second-order valence-corrected chi connectivity index (χ2v) is 5.21. The van der Waals surface area contributed by atoms with E-state index in [9.17, 15) is 0 Å². The molecule has 0 bridgehead atoms. The number of nitrogens with zero attached hydrogens (tertiary/aromatic N) is 4. The summed E-state index contributed by atoms with van der Waals surface area (Å²) in [6, 6.07) is 0. The SMILES string of the molecule is CCCCCSc1nsnc1-c1cncnc1. The largest absolute Gasteiger partial charge is 0.244 e. The molecular formula is C11H14N4S2. The number of hydrogen-bond donors (Lipinski definition) is 0. The highest BCUT2D eigenvalue weighted by atomic mass is 32.2. The maximum atomic E-state index is 4.33. The van der Waals surface area contributed by atoms with Crippen LogP contribution in [0, 0.1) is 0 Å². The van der Waals surface area contributed by atoms with Gasteiger partial charge in [0, 0.05) is 18.0 Å². The fourth-order valence-electron chi connectivity index (χ4n) is 1.39. The molecule has 0 aliphatic carbocycles. The van der Waals surface area contributed by atoms with Crippen molar-refractivity contribution in [3.05, 3.63) is 18.7 Å². The molecule has 0 fully saturated rings. The van der Waals surface area contributed by atoms with Crippen LogP contribution in [0.2, 0.25) is 0 Å². The van der Waals surface area contributed by atoms with Crippen molar-refractivity contribution in [2.75, 3.05) is 5.75 Å². The van der Waals surface area contributed by atoms with E-state index >= 15 is 0 Å². The summed E-state index contributed by atoms with van der Waals surface area (Å²) >= 11 is 3.02. The molecule has 17 heavy (non-hydrogen) atoms. The molecule has 0 N–H and O–H groups in total. The maximum Gasteiger partial charge on any atom is 0.138 e. The molecule has 2 aromatic heterocycles. The minimum Gasteiger partial charge on any atom is -0.244 e. The number of hydrogen-bond acceptors (Lipinski definition) is 6. The van der Waals surface area contributed by atoms with Gasteiger partial charge in [0.05, 0.1) is 11.7 Å². The smallest absolute Gasteiger partial charge is 0.138 e. The van der Waals surface area contributed by atoms with Gasteiger partial charge in [0.2, 0.25) is 0 Å². The molecule has 0 amide bonds. The molecule has 0 radical (unpaired) electrons. The first kappa shape index (κ1) is 12.4. The highest BCUT2D eigenvalue weighted by Gasteiger charge is 2.10. The molecule has 4 nitrogen and oxygen atoms in total. The van der Waals surface area contributed by atoms with Gasteiger partial charge in [0.15, 0.2) is 0 Å². The zero-order chi connectivity index (χ0) is 11.9. The molecule has 0 aliphatic heterocycles. The van der Waals surface area contributed by atoms with E-state index in [4.69, 9.17) is 0 Å². The van der Waals surface area contributed by atoms with Gasteiger partial charge in [0.25, 0.3) is 0 Å². The van der Waals surface area contributed by atoms with Crippen molar-refractivity contribution in [3.63, 3.8) is 0 Å². The first-order valence-corrected chi connectivity index (χ1v) is 7.34. The van der Waals surface area contributed by atoms with E-state index in [1.54, 1.807) is 24.2 Å². The molecule has 2 aromatic rings. The highest BCUT2D eigenvalue weighted by molar-refractivity contribution is 7.99. The van der Waals surface area contributed by atoms with Gasteiger partial charge >= 0.3 is 0 Å². The van der Waals surface area contributed by atoms with Crippen LogP contribution in [0.15, 0.2) is 23.7 Å². The van der Waals surface area contributed by atoms with Gasteiger partial charge in [-0.25, -0.2) is 9.97 Å². The summed E-state index contributed by atoms with van der Waals surface area (Å²) < 4.78 is 8.64. The minimum absolute atomic E-state index is 0.914. The van der Waals surface area contributed by atoms with Gasteiger partial charge in [-0.15, -0.1) is 11.8 Å². The minimum atomic E-state index is 0.914. The summed E-state index contributed by atoms with van der Waals surface area (Å²) in [7, 11) is 0. The summed E-state index contributed by atoms with van der Waals surface area (Å²) in [6.45, 7) is 2.21. The summed E-state index contributed by atoms with van der Waals surface area (Å²) in [5.41, 5.74) is 1.86. The van der Waals surface area contributed by atoms with E-state index in [-0.39, 0.29) is 0 Å². The number of rotatable bonds is 6. The average molecular weight is 266 g/mol. The van der Waals surface area contributed by atoms with Crippen LogP contribution < -0.4 is 0 Å². The second-order valence-electron chi connectivity index (χ2n) is 3.60. The van der Waals surface area contributed by atoms with Crippen molar-refractivity contribution in [1.82, 2.24) is 18.7 Å². The van der Waals surface area contributed by atoms with Gasteiger partial charge in [-0.05, 0) is 12.2 Å². The van der Waals surface area contributed by atoms with Crippen LogP contribution >= 0.6 is 23.5 Å². The predicted octanol–water partition coefficient (Wildman–Crippen LogP) is 3.28. The molecule has 2 heterocycles. The molecule has 0 aromatic carbocycles. The van der Waals surface area contributed by atoms with Crippen LogP contribution in [0.3, 0.4) is 0 Å². The lowest BCUT2D eigenvalue weighted by atomic mass is 10.3. The highest BCUT2D eigenvalue weighted by Crippen LogP contribution is 2.29. The molecular weight excluding hydrogens is 252 g/mol. The van der Waals surface area contributed by atoms with Gasteiger partial charge in [-0.1, -0.05) is 19.8 Å². The summed E-state index contributed by atoms with van der Waals surface area (Å²) in [5.74, 6) is 1.10. The van der Waals surface area contributed by atoms with Gasteiger partial charge < -0.3 is 0 Å². The van der Waals surface area contributed by atoms with Crippen molar-refractivity contribution in [2.45, 2.75) is 31.2 Å². The van der Waals surface area contributed by atoms with Crippen molar-refractivity contribution < 1.29 is 0 Å². The Kier molecular flexibility index (Phi) is 4.88. The number of aromatic nitrogens is 4.